The highest BCUT2D eigenvalue weighted by Gasteiger charge is 2.08. The first-order valence-corrected chi connectivity index (χ1v) is 7.38. The van der Waals surface area contributed by atoms with Crippen molar-refractivity contribution in [1.82, 2.24) is 0 Å². The fourth-order valence-electron chi connectivity index (χ4n) is 1.89. The predicted molar refractivity (Wildman–Crippen MR) is 95.6 cm³/mol. The van der Waals surface area contributed by atoms with Gasteiger partial charge in [0.15, 0.2) is 5.11 Å². The maximum absolute atomic E-state index is 6.09. The van der Waals surface area contributed by atoms with Gasteiger partial charge in [-0.2, -0.15) is 0 Å². The average molecular weight is 337 g/mol. The van der Waals surface area contributed by atoms with E-state index >= 15 is 0 Å². The Morgan fingerprint density at radius 3 is 2.32 bits per heavy atom. The number of aryl methyl sites for hydroxylation is 1. The highest BCUT2D eigenvalue weighted by molar-refractivity contribution is 7.80. The second kappa shape index (κ2) is 7.33. The second-order valence-corrected chi connectivity index (χ2v) is 5.42. The molecule has 0 saturated carbocycles. The number of nitrogens with one attached hydrogen (secondary N) is 2. The van der Waals surface area contributed by atoms with Crippen LogP contribution in [0.5, 0.6) is 11.5 Å². The topological polar surface area (TPSA) is 42.5 Å². The summed E-state index contributed by atoms with van der Waals surface area (Å²) in [5.74, 6) is 1.42. The Morgan fingerprint density at radius 1 is 1.05 bits per heavy atom. The van der Waals surface area contributed by atoms with E-state index in [0.29, 0.717) is 15.9 Å². The number of anilines is 2. The van der Waals surface area contributed by atoms with E-state index in [9.17, 15) is 0 Å². The molecule has 0 aromatic heterocycles. The molecule has 4 nitrogen and oxygen atoms in total. The first-order valence-electron chi connectivity index (χ1n) is 6.59. The zero-order valence-corrected chi connectivity index (χ0v) is 14.1. The van der Waals surface area contributed by atoms with Crippen molar-refractivity contribution in [3.8, 4) is 11.5 Å². The van der Waals surface area contributed by atoms with Gasteiger partial charge in [-0.15, -0.1) is 0 Å². The van der Waals surface area contributed by atoms with Crippen LogP contribution in [0.1, 0.15) is 5.56 Å². The lowest BCUT2D eigenvalue weighted by molar-refractivity contribution is 0.415. The van der Waals surface area contributed by atoms with Crippen molar-refractivity contribution in [3.63, 3.8) is 0 Å². The summed E-state index contributed by atoms with van der Waals surface area (Å²) in [6.45, 7) is 1.92. The average Bonchev–Trinajstić information content (AvgIpc) is 2.51. The first-order chi connectivity index (χ1) is 10.5. The molecule has 0 fully saturated rings. The lowest BCUT2D eigenvalue weighted by atomic mass is 10.2. The highest BCUT2D eigenvalue weighted by atomic mass is 35.5. The van der Waals surface area contributed by atoms with Gasteiger partial charge in [-0.05, 0) is 55.0 Å². The van der Waals surface area contributed by atoms with Gasteiger partial charge in [0.2, 0.25) is 0 Å². The van der Waals surface area contributed by atoms with Crippen LogP contribution in [-0.2, 0) is 0 Å². The van der Waals surface area contributed by atoms with Crippen molar-refractivity contribution in [2.45, 2.75) is 6.92 Å². The molecular weight excluding hydrogens is 320 g/mol. The Balaban J connectivity index is 2.09. The lowest BCUT2D eigenvalue weighted by Crippen LogP contribution is -2.19. The zero-order chi connectivity index (χ0) is 16.1. The van der Waals surface area contributed by atoms with Gasteiger partial charge in [-0.1, -0.05) is 11.6 Å². The Kier molecular flexibility index (Phi) is 5.46. The number of halogens is 1. The van der Waals surface area contributed by atoms with Gasteiger partial charge in [0, 0.05) is 16.8 Å². The molecule has 0 radical (unpaired) electrons. The first kappa shape index (κ1) is 16.4. The van der Waals surface area contributed by atoms with E-state index in [0.717, 1.165) is 22.7 Å². The Hall–Kier alpha value is -1.98. The summed E-state index contributed by atoms with van der Waals surface area (Å²) in [6, 6.07) is 11.1. The Bertz CT molecular complexity index is 675. The Labute approximate surface area is 140 Å². The summed E-state index contributed by atoms with van der Waals surface area (Å²) in [5, 5.41) is 7.33. The van der Waals surface area contributed by atoms with Crippen molar-refractivity contribution < 1.29 is 9.47 Å². The molecule has 0 atom stereocenters. The Morgan fingerprint density at radius 2 is 1.73 bits per heavy atom. The highest BCUT2D eigenvalue weighted by Crippen LogP contribution is 2.31. The molecule has 2 N–H and O–H groups in total. The van der Waals surface area contributed by atoms with Gasteiger partial charge in [0.25, 0.3) is 0 Å². The molecule has 116 valence electrons. The van der Waals surface area contributed by atoms with Gasteiger partial charge in [-0.25, -0.2) is 0 Å². The molecule has 2 rings (SSSR count). The minimum atomic E-state index is 0.463. The molecule has 0 unspecified atom stereocenters. The summed E-state index contributed by atoms with van der Waals surface area (Å²) in [6.07, 6.45) is 0. The molecule has 0 aliphatic rings. The van der Waals surface area contributed by atoms with E-state index in [1.807, 2.05) is 37.3 Å². The number of benzene rings is 2. The predicted octanol–water partition coefficient (Wildman–Crippen LogP) is 4.47. The summed E-state index contributed by atoms with van der Waals surface area (Å²) >= 11 is 11.4. The van der Waals surface area contributed by atoms with Crippen LogP contribution in [0.2, 0.25) is 5.02 Å². The molecule has 0 aliphatic carbocycles. The maximum atomic E-state index is 6.09. The zero-order valence-electron chi connectivity index (χ0n) is 12.6. The third-order valence-electron chi connectivity index (χ3n) is 3.08. The van der Waals surface area contributed by atoms with Gasteiger partial charge < -0.3 is 20.1 Å². The quantitative estimate of drug-likeness (QED) is 0.806. The van der Waals surface area contributed by atoms with Crippen LogP contribution in [-0.4, -0.2) is 19.3 Å². The summed E-state index contributed by atoms with van der Waals surface area (Å²) < 4.78 is 10.4. The van der Waals surface area contributed by atoms with Crippen molar-refractivity contribution >= 4 is 40.3 Å². The number of ether oxygens (including phenoxy) is 2. The molecule has 0 amide bonds. The number of thiocarbonyl (C=S) groups is 1. The van der Waals surface area contributed by atoms with Crippen LogP contribution >= 0.6 is 23.8 Å². The molecular formula is C16H17ClN2O2S. The molecule has 0 aliphatic heterocycles. The van der Waals surface area contributed by atoms with E-state index in [-0.39, 0.29) is 0 Å². The second-order valence-electron chi connectivity index (χ2n) is 4.61. The molecule has 2 aromatic carbocycles. The number of hydrogen-bond acceptors (Lipinski definition) is 3. The lowest BCUT2D eigenvalue weighted by Gasteiger charge is -2.15. The number of methoxy groups -OCH3 is 2. The molecule has 2 aromatic rings. The van der Waals surface area contributed by atoms with Crippen LogP contribution < -0.4 is 20.1 Å². The number of rotatable bonds is 4. The van der Waals surface area contributed by atoms with Crippen LogP contribution in [0.3, 0.4) is 0 Å². The van der Waals surface area contributed by atoms with E-state index in [1.54, 1.807) is 20.3 Å². The van der Waals surface area contributed by atoms with Gasteiger partial charge >= 0.3 is 0 Å². The SMILES string of the molecule is COc1ccc(NC(=S)Nc2cc(C)c(Cl)cc2OC)cc1. The fraction of sp³-hybridized carbons (Fsp3) is 0.188. The monoisotopic (exact) mass is 336 g/mol. The summed E-state index contributed by atoms with van der Waals surface area (Å²) in [7, 11) is 3.22. The molecule has 0 bridgehead atoms. The smallest absolute Gasteiger partial charge is 0.175 e. The van der Waals surface area contributed by atoms with Crippen LogP contribution in [0, 0.1) is 6.92 Å². The molecule has 0 spiro atoms. The van der Waals surface area contributed by atoms with E-state index in [2.05, 4.69) is 10.6 Å². The molecule has 0 saturated heterocycles. The molecule has 0 heterocycles. The van der Waals surface area contributed by atoms with Crippen molar-refractivity contribution in [1.29, 1.82) is 0 Å². The third kappa shape index (κ3) is 4.02. The van der Waals surface area contributed by atoms with Gasteiger partial charge in [0.05, 0.1) is 19.9 Å². The molecule has 6 heteroatoms. The summed E-state index contributed by atoms with van der Waals surface area (Å²) in [5.41, 5.74) is 2.57. The standard InChI is InChI=1S/C16H17ClN2O2S/c1-10-8-14(15(21-3)9-13(10)17)19-16(22)18-11-4-6-12(20-2)7-5-11/h4-9H,1-3H3,(H2,18,19,22). The van der Waals surface area contributed by atoms with Crippen molar-refractivity contribution in [2.75, 3.05) is 24.9 Å². The van der Waals surface area contributed by atoms with Crippen LogP contribution in [0.4, 0.5) is 11.4 Å². The van der Waals surface area contributed by atoms with Crippen LogP contribution in [0.25, 0.3) is 0 Å². The van der Waals surface area contributed by atoms with Crippen LogP contribution in [0.15, 0.2) is 36.4 Å². The van der Waals surface area contributed by atoms with Gasteiger partial charge in [0.1, 0.15) is 11.5 Å². The third-order valence-corrected chi connectivity index (χ3v) is 3.69. The molecule has 22 heavy (non-hydrogen) atoms. The fourth-order valence-corrected chi connectivity index (χ4v) is 2.27. The van der Waals surface area contributed by atoms with Crippen molar-refractivity contribution in [3.05, 3.63) is 47.0 Å². The van der Waals surface area contributed by atoms with E-state index in [4.69, 9.17) is 33.3 Å². The minimum Gasteiger partial charge on any atom is -0.497 e. The summed E-state index contributed by atoms with van der Waals surface area (Å²) in [4.78, 5) is 0. The number of hydrogen-bond donors (Lipinski definition) is 2. The van der Waals surface area contributed by atoms with E-state index < -0.39 is 0 Å². The van der Waals surface area contributed by atoms with E-state index in [1.165, 1.54) is 0 Å². The largest absolute Gasteiger partial charge is 0.497 e. The maximum Gasteiger partial charge on any atom is 0.175 e. The minimum absolute atomic E-state index is 0.463. The van der Waals surface area contributed by atoms with Gasteiger partial charge in [-0.3, -0.25) is 0 Å². The normalized spacial score (nSPS) is 10.0. The van der Waals surface area contributed by atoms with Crippen molar-refractivity contribution in [2.24, 2.45) is 0 Å².